The standard InChI is InChI=1S/Al.Co.Mg.Mn.5H. The Morgan fingerprint density at radius 3 is 1.00 bits per heavy atom. The fraction of sp³-hybridized carbons (Fsp3) is 0. The third kappa shape index (κ3) is 8.85. The average Bonchev–Trinajstić information content (AvgIpc) is 0. The average molecular weight is 170 g/mol. The molecule has 26 valence electrons. The summed E-state index contributed by atoms with van der Waals surface area (Å²) in [6.45, 7) is 0. The molecule has 0 rings (SSSR count). The van der Waals surface area contributed by atoms with Gasteiger partial charge in [0.1, 0.15) is 0 Å². The minimum atomic E-state index is 0. The van der Waals surface area contributed by atoms with E-state index in [0.29, 0.717) is 0 Å². The Hall–Kier alpha value is 2.32. The molecule has 0 amide bonds. The molecule has 0 aromatic heterocycles. The largest absolute Gasteiger partial charge is 0.316 e. The molecule has 0 aliphatic rings. The number of hydrogen-bond donors (Lipinski definition) is 0. The van der Waals surface area contributed by atoms with Gasteiger partial charge in [0.15, 0.2) is 17.4 Å². The maximum atomic E-state index is 0. The zero-order valence-electron chi connectivity index (χ0n) is 0.711. The summed E-state index contributed by atoms with van der Waals surface area (Å²) < 4.78 is 0. The molecule has 0 saturated heterocycles. The summed E-state index contributed by atoms with van der Waals surface area (Å²) in [7, 11) is 0. The molecule has 0 bridgehead atoms. The van der Waals surface area contributed by atoms with E-state index < -0.39 is 0 Å². The van der Waals surface area contributed by atoms with Crippen molar-refractivity contribution in [2.45, 2.75) is 0 Å². The van der Waals surface area contributed by atoms with E-state index in [9.17, 15) is 0 Å². The van der Waals surface area contributed by atoms with Crippen LogP contribution < -0.4 is 0 Å². The molecule has 0 aromatic carbocycles. The van der Waals surface area contributed by atoms with Crippen molar-refractivity contribution >= 4 is 40.4 Å². The Bertz CT molecular complexity index is 8.00. The van der Waals surface area contributed by atoms with Crippen LogP contribution >= 0.6 is 0 Å². The van der Waals surface area contributed by atoms with E-state index in [2.05, 4.69) is 0 Å². The molecule has 0 N–H and O–H groups in total. The first-order valence-electron chi connectivity index (χ1n) is 0. The van der Waals surface area contributed by atoms with Crippen LogP contribution in [0.4, 0.5) is 0 Å². The van der Waals surface area contributed by atoms with Gasteiger partial charge in [0.05, 0.1) is 0 Å². The van der Waals surface area contributed by atoms with Gasteiger partial charge < -0.3 is 0 Å². The summed E-state index contributed by atoms with van der Waals surface area (Å²) in [4.78, 5) is 0. The fourth-order valence-electron chi connectivity index (χ4n) is 0. The van der Waals surface area contributed by atoms with Gasteiger partial charge in [-0.05, 0) is 0 Å². The summed E-state index contributed by atoms with van der Waals surface area (Å²) in [5.74, 6) is 0. The molecule has 4 heteroatoms. The van der Waals surface area contributed by atoms with Crippen LogP contribution in [0.3, 0.4) is 0 Å². The Labute approximate surface area is 73.4 Å². The Morgan fingerprint density at radius 2 is 1.00 bits per heavy atom. The van der Waals surface area contributed by atoms with Crippen LogP contribution in [0.15, 0.2) is 0 Å². The van der Waals surface area contributed by atoms with E-state index >= 15 is 0 Å². The molecule has 0 fully saturated rings. The molecular formula is H5AlCoMgMn. The van der Waals surface area contributed by atoms with Gasteiger partial charge in [-0.1, -0.05) is 0 Å². The summed E-state index contributed by atoms with van der Waals surface area (Å²) >= 11 is 0. The van der Waals surface area contributed by atoms with Crippen molar-refractivity contribution in [3.63, 3.8) is 0 Å². The third-order valence-corrected chi connectivity index (χ3v) is 0. The minimum Gasteiger partial charge on any atom is 0 e. The maximum Gasteiger partial charge on any atom is 0.316 e. The second-order valence-electron chi connectivity index (χ2n) is 0. The quantitative estimate of drug-likeness (QED) is 0.365. The zero-order valence-corrected chi connectivity index (χ0v) is 2.93. The summed E-state index contributed by atoms with van der Waals surface area (Å²) in [5, 5.41) is 0. The molecule has 0 unspecified atom stereocenters. The Kier molecular flexibility index (Phi) is 153. The smallest absolute Gasteiger partial charge is 0 e. The van der Waals surface area contributed by atoms with Gasteiger partial charge in [0, 0.05) is 33.8 Å². The van der Waals surface area contributed by atoms with Gasteiger partial charge >= 0.3 is 23.1 Å². The molecule has 0 heterocycles. The second kappa shape index (κ2) is 18.4. The van der Waals surface area contributed by atoms with Crippen LogP contribution in [0, 0.1) is 0 Å². The van der Waals surface area contributed by atoms with Crippen LogP contribution in [0.5, 0.6) is 0 Å². The minimum absolute atomic E-state index is 0. The van der Waals surface area contributed by atoms with Crippen molar-refractivity contribution in [2.75, 3.05) is 0 Å². The monoisotopic (exact) mass is 170 g/mol. The summed E-state index contributed by atoms with van der Waals surface area (Å²) in [5.41, 5.74) is 0. The van der Waals surface area contributed by atoms with Crippen molar-refractivity contribution in [1.82, 2.24) is 0 Å². The maximum absolute atomic E-state index is 0. The van der Waals surface area contributed by atoms with Crippen LogP contribution in [0.2, 0.25) is 0 Å². The van der Waals surface area contributed by atoms with Crippen LogP contribution in [-0.2, 0) is 33.8 Å². The van der Waals surface area contributed by atoms with E-state index in [4.69, 9.17) is 0 Å². The first kappa shape index (κ1) is 33.2. The van der Waals surface area contributed by atoms with E-state index in [1.165, 1.54) is 0 Å². The van der Waals surface area contributed by atoms with Gasteiger partial charge in [0.25, 0.3) is 0 Å². The van der Waals surface area contributed by atoms with Gasteiger partial charge in [-0.25, -0.2) is 0 Å². The first-order chi connectivity index (χ1) is 0. The molecule has 2 radical (unpaired) electrons. The molecule has 0 aromatic rings. The van der Waals surface area contributed by atoms with E-state index in [1.807, 2.05) is 0 Å². The van der Waals surface area contributed by atoms with Crippen molar-refractivity contribution in [1.29, 1.82) is 0 Å². The van der Waals surface area contributed by atoms with Crippen molar-refractivity contribution in [3.05, 3.63) is 0 Å². The van der Waals surface area contributed by atoms with E-state index in [0.717, 1.165) is 0 Å². The zero-order chi connectivity index (χ0) is 0. The molecule has 4 heavy (non-hydrogen) atoms. The normalized spacial score (nSPS) is 0. The topological polar surface area (TPSA) is 0 Å². The third-order valence-electron chi connectivity index (χ3n) is 0. The second-order valence-corrected chi connectivity index (χ2v) is 0. The molecular weight excluding hydrogens is 165 g/mol. The first-order valence-corrected chi connectivity index (χ1v) is 0. The van der Waals surface area contributed by atoms with E-state index in [1.54, 1.807) is 0 Å². The summed E-state index contributed by atoms with van der Waals surface area (Å²) in [6, 6.07) is 0. The van der Waals surface area contributed by atoms with Crippen molar-refractivity contribution in [2.24, 2.45) is 0 Å². The van der Waals surface area contributed by atoms with Crippen molar-refractivity contribution < 1.29 is 33.8 Å². The predicted octanol–water partition coefficient (Wildman–Crippen LogP) is -2.11. The predicted molar refractivity (Wildman–Crippen MR) is 18.5 cm³/mol. The molecule has 0 aliphatic heterocycles. The van der Waals surface area contributed by atoms with Gasteiger partial charge in [-0.2, -0.15) is 0 Å². The molecule has 0 saturated carbocycles. The molecule has 0 nitrogen and oxygen atoms in total. The van der Waals surface area contributed by atoms with Crippen LogP contribution in [0.25, 0.3) is 0 Å². The SMILES string of the molecule is [AlH3].[Co].[MgH2].[Mn]. The van der Waals surface area contributed by atoms with Crippen LogP contribution in [-0.4, -0.2) is 40.4 Å². The summed E-state index contributed by atoms with van der Waals surface area (Å²) in [6.07, 6.45) is 0. The number of hydrogen-bond acceptors (Lipinski definition) is 0. The van der Waals surface area contributed by atoms with Gasteiger partial charge in [-0.3, -0.25) is 0 Å². The molecule has 0 aliphatic carbocycles. The number of rotatable bonds is 0. The fourth-order valence-corrected chi connectivity index (χ4v) is 0. The molecule has 0 spiro atoms. The Morgan fingerprint density at radius 1 is 1.00 bits per heavy atom. The van der Waals surface area contributed by atoms with Crippen LogP contribution in [0.1, 0.15) is 0 Å². The van der Waals surface area contributed by atoms with E-state index in [-0.39, 0.29) is 74.3 Å². The Balaban J connectivity index is 0. The molecule has 0 atom stereocenters. The van der Waals surface area contributed by atoms with Gasteiger partial charge in [-0.15, -0.1) is 0 Å². The van der Waals surface area contributed by atoms with Crippen molar-refractivity contribution in [3.8, 4) is 0 Å². The van der Waals surface area contributed by atoms with Gasteiger partial charge in [0.2, 0.25) is 0 Å².